The molecule has 1 atom stereocenters. The maximum atomic E-state index is 12.5. The molecular weight excluding hydrogens is 346 g/mol. The maximum Gasteiger partial charge on any atom is 0.238 e. The first-order valence-corrected chi connectivity index (χ1v) is 10.1. The Kier molecular flexibility index (Phi) is 5.04. The highest BCUT2D eigenvalue weighted by Gasteiger charge is 2.28. The Morgan fingerprint density at radius 2 is 2.00 bits per heavy atom. The second-order valence-electron chi connectivity index (χ2n) is 6.89. The van der Waals surface area contributed by atoms with E-state index < -0.39 is 0 Å². The molecule has 0 bridgehead atoms. The van der Waals surface area contributed by atoms with Gasteiger partial charge in [0.15, 0.2) is 0 Å². The van der Waals surface area contributed by atoms with Crippen LogP contribution in [-0.4, -0.2) is 36.3 Å². The lowest BCUT2D eigenvalue weighted by Crippen LogP contribution is -2.32. The van der Waals surface area contributed by atoms with Gasteiger partial charge >= 0.3 is 0 Å². The summed E-state index contributed by atoms with van der Waals surface area (Å²) in [5, 5.41) is 5.08. The Morgan fingerprint density at radius 3 is 2.69 bits per heavy atom. The predicted molar refractivity (Wildman–Crippen MR) is 105 cm³/mol. The molecule has 2 aliphatic heterocycles. The van der Waals surface area contributed by atoms with Crippen molar-refractivity contribution in [3.63, 3.8) is 0 Å². The highest BCUT2D eigenvalue weighted by molar-refractivity contribution is 7.10. The lowest BCUT2D eigenvalue weighted by Gasteiger charge is -2.23. The highest BCUT2D eigenvalue weighted by Crippen LogP contribution is 2.34. The number of hydrogen-bond donors (Lipinski definition) is 1. The van der Waals surface area contributed by atoms with Gasteiger partial charge in [-0.1, -0.05) is 6.07 Å². The largest absolute Gasteiger partial charge is 0.325 e. The molecule has 136 valence electrons. The first-order chi connectivity index (χ1) is 12.7. The van der Waals surface area contributed by atoms with Crippen molar-refractivity contribution in [1.29, 1.82) is 0 Å². The molecule has 2 fully saturated rings. The summed E-state index contributed by atoms with van der Waals surface area (Å²) >= 11 is 1.76. The molecule has 0 aliphatic carbocycles. The van der Waals surface area contributed by atoms with Crippen LogP contribution in [-0.2, 0) is 9.59 Å². The van der Waals surface area contributed by atoms with E-state index in [0.717, 1.165) is 43.7 Å². The predicted octanol–water partition coefficient (Wildman–Crippen LogP) is 3.65. The van der Waals surface area contributed by atoms with Gasteiger partial charge in [0.05, 0.1) is 6.54 Å². The summed E-state index contributed by atoms with van der Waals surface area (Å²) in [5.74, 6) is 0.189. The fourth-order valence-corrected chi connectivity index (χ4v) is 4.74. The minimum absolute atomic E-state index is 0.0125. The Hall–Kier alpha value is -2.18. The van der Waals surface area contributed by atoms with Crippen molar-refractivity contribution < 1.29 is 9.59 Å². The molecule has 0 unspecified atom stereocenters. The molecular formula is C20H23N3O2S. The number of nitrogens with zero attached hydrogens (tertiary/aromatic N) is 2. The zero-order valence-electron chi connectivity index (χ0n) is 14.7. The maximum absolute atomic E-state index is 12.5. The molecule has 6 heteroatoms. The molecule has 1 aromatic carbocycles. The quantitative estimate of drug-likeness (QED) is 0.875. The third kappa shape index (κ3) is 3.66. The SMILES string of the molecule is O=C(CN1CCC[C@H]1c1cccs1)Nc1ccc(N2CCCC2=O)cc1. The number of rotatable bonds is 5. The van der Waals surface area contributed by atoms with Crippen LogP contribution in [0.5, 0.6) is 0 Å². The monoisotopic (exact) mass is 369 g/mol. The number of nitrogens with one attached hydrogen (secondary N) is 1. The molecule has 0 saturated carbocycles. The minimum Gasteiger partial charge on any atom is -0.325 e. The van der Waals surface area contributed by atoms with Crippen molar-refractivity contribution in [2.45, 2.75) is 31.7 Å². The number of hydrogen-bond acceptors (Lipinski definition) is 4. The average molecular weight is 369 g/mol. The number of amides is 2. The van der Waals surface area contributed by atoms with Gasteiger partial charge in [-0.05, 0) is 61.5 Å². The molecule has 2 amide bonds. The number of anilines is 2. The average Bonchev–Trinajstić information content (AvgIpc) is 3.37. The normalized spacial score (nSPS) is 20.7. The van der Waals surface area contributed by atoms with Crippen LogP contribution in [0.25, 0.3) is 0 Å². The van der Waals surface area contributed by atoms with Gasteiger partial charge in [0, 0.05) is 35.3 Å². The van der Waals surface area contributed by atoms with Crippen LogP contribution < -0.4 is 10.2 Å². The smallest absolute Gasteiger partial charge is 0.238 e. The number of thiophene rings is 1. The molecule has 1 N–H and O–H groups in total. The lowest BCUT2D eigenvalue weighted by atomic mass is 10.2. The molecule has 0 spiro atoms. The Bertz CT molecular complexity index is 773. The van der Waals surface area contributed by atoms with E-state index in [2.05, 4.69) is 27.7 Å². The zero-order valence-corrected chi connectivity index (χ0v) is 15.5. The first kappa shape index (κ1) is 17.2. The van der Waals surface area contributed by atoms with Crippen molar-refractivity contribution in [1.82, 2.24) is 4.90 Å². The second-order valence-corrected chi connectivity index (χ2v) is 7.87. The van der Waals surface area contributed by atoms with Gasteiger partial charge in [0.25, 0.3) is 0 Å². The van der Waals surface area contributed by atoms with Gasteiger partial charge in [-0.2, -0.15) is 0 Å². The van der Waals surface area contributed by atoms with Crippen LogP contribution >= 0.6 is 11.3 Å². The van der Waals surface area contributed by atoms with Gasteiger partial charge < -0.3 is 10.2 Å². The van der Waals surface area contributed by atoms with Crippen molar-refractivity contribution in [3.05, 3.63) is 46.7 Å². The van der Waals surface area contributed by atoms with E-state index in [4.69, 9.17) is 0 Å². The zero-order chi connectivity index (χ0) is 17.9. The molecule has 4 rings (SSSR count). The van der Waals surface area contributed by atoms with E-state index in [-0.39, 0.29) is 11.8 Å². The summed E-state index contributed by atoms with van der Waals surface area (Å²) in [5.41, 5.74) is 1.68. The molecule has 5 nitrogen and oxygen atoms in total. The van der Waals surface area contributed by atoms with Crippen molar-refractivity contribution in [2.24, 2.45) is 0 Å². The minimum atomic E-state index is 0.0125. The van der Waals surface area contributed by atoms with E-state index in [1.54, 1.807) is 11.3 Å². The fraction of sp³-hybridized carbons (Fsp3) is 0.400. The van der Waals surface area contributed by atoms with Crippen LogP contribution in [0.15, 0.2) is 41.8 Å². The number of likely N-dealkylation sites (tertiary alicyclic amines) is 1. The van der Waals surface area contributed by atoms with Crippen LogP contribution in [0.2, 0.25) is 0 Å². The number of carbonyl (C=O) groups is 2. The van der Waals surface area contributed by atoms with E-state index >= 15 is 0 Å². The van der Waals surface area contributed by atoms with E-state index in [1.807, 2.05) is 29.2 Å². The molecule has 2 aromatic rings. The summed E-state index contributed by atoms with van der Waals surface area (Å²) in [7, 11) is 0. The number of carbonyl (C=O) groups excluding carboxylic acids is 2. The van der Waals surface area contributed by atoms with Crippen molar-refractivity contribution in [2.75, 3.05) is 29.9 Å². The topological polar surface area (TPSA) is 52.7 Å². The van der Waals surface area contributed by atoms with Gasteiger partial charge in [-0.3, -0.25) is 14.5 Å². The lowest BCUT2D eigenvalue weighted by molar-refractivity contribution is -0.118. The second kappa shape index (κ2) is 7.60. The third-order valence-corrected chi connectivity index (χ3v) is 6.09. The number of benzene rings is 1. The van der Waals surface area contributed by atoms with Gasteiger partial charge in [-0.25, -0.2) is 0 Å². The van der Waals surface area contributed by atoms with E-state index in [0.29, 0.717) is 19.0 Å². The van der Waals surface area contributed by atoms with Gasteiger partial charge in [0.1, 0.15) is 0 Å². The van der Waals surface area contributed by atoms with E-state index in [9.17, 15) is 9.59 Å². The summed E-state index contributed by atoms with van der Waals surface area (Å²) in [6.07, 6.45) is 3.79. The molecule has 0 radical (unpaired) electrons. The Balaban J connectivity index is 1.35. The molecule has 26 heavy (non-hydrogen) atoms. The Morgan fingerprint density at radius 1 is 1.15 bits per heavy atom. The molecule has 3 heterocycles. The van der Waals surface area contributed by atoms with Crippen LogP contribution in [0.4, 0.5) is 11.4 Å². The van der Waals surface area contributed by atoms with Gasteiger partial charge in [-0.15, -0.1) is 11.3 Å². The van der Waals surface area contributed by atoms with Crippen molar-refractivity contribution in [3.8, 4) is 0 Å². The standard InChI is InChI=1S/C20H23N3O2S/c24-19(14-22-11-1-4-17(22)18-5-3-13-26-18)21-15-7-9-16(10-8-15)23-12-2-6-20(23)25/h3,5,7-10,13,17H,1-2,4,6,11-12,14H2,(H,21,24)/t17-/m0/s1. The Labute approximate surface area is 157 Å². The van der Waals surface area contributed by atoms with Crippen LogP contribution in [0.3, 0.4) is 0 Å². The summed E-state index contributed by atoms with van der Waals surface area (Å²) < 4.78 is 0. The molecule has 1 aromatic heterocycles. The molecule has 2 saturated heterocycles. The fourth-order valence-electron chi connectivity index (χ4n) is 3.85. The third-order valence-electron chi connectivity index (χ3n) is 5.12. The van der Waals surface area contributed by atoms with Crippen molar-refractivity contribution >= 4 is 34.5 Å². The highest BCUT2D eigenvalue weighted by atomic mass is 32.1. The molecule has 2 aliphatic rings. The van der Waals surface area contributed by atoms with Gasteiger partial charge in [0.2, 0.25) is 11.8 Å². The summed E-state index contributed by atoms with van der Waals surface area (Å²) in [6, 6.07) is 12.2. The van der Waals surface area contributed by atoms with Crippen LogP contribution in [0, 0.1) is 0 Å². The van der Waals surface area contributed by atoms with E-state index in [1.165, 1.54) is 4.88 Å². The summed E-state index contributed by atoms with van der Waals surface area (Å²) in [4.78, 5) is 29.7. The first-order valence-electron chi connectivity index (χ1n) is 9.18. The summed E-state index contributed by atoms with van der Waals surface area (Å²) in [6.45, 7) is 2.16. The van der Waals surface area contributed by atoms with Crippen LogP contribution in [0.1, 0.15) is 36.6 Å².